The van der Waals surface area contributed by atoms with Gasteiger partial charge in [0.1, 0.15) is 0 Å². The summed E-state index contributed by atoms with van der Waals surface area (Å²) in [6.45, 7) is 7.65. The van der Waals surface area contributed by atoms with Gasteiger partial charge < -0.3 is 10.6 Å². The lowest BCUT2D eigenvalue weighted by molar-refractivity contribution is 0.240. The van der Waals surface area contributed by atoms with Crippen LogP contribution in [-0.4, -0.2) is 17.6 Å². The van der Waals surface area contributed by atoms with Crippen molar-refractivity contribution in [3.63, 3.8) is 0 Å². The maximum absolute atomic E-state index is 11.7. The van der Waals surface area contributed by atoms with Gasteiger partial charge in [0.2, 0.25) is 0 Å². The van der Waals surface area contributed by atoms with Crippen molar-refractivity contribution in [3.8, 4) is 0 Å². The number of rotatable bonds is 5. The molecule has 0 aliphatic rings. The number of nitrogens with zero attached hydrogens (tertiary/aromatic N) is 1. The second-order valence-corrected chi connectivity index (χ2v) is 7.79. The molecule has 0 aliphatic heterocycles. The summed E-state index contributed by atoms with van der Waals surface area (Å²) in [6, 6.07) is 3.86. The van der Waals surface area contributed by atoms with Crippen LogP contribution in [0.15, 0.2) is 22.9 Å². The number of thiophene rings is 1. The highest BCUT2D eigenvalue weighted by Crippen LogP contribution is 2.23. The van der Waals surface area contributed by atoms with E-state index in [1.165, 1.54) is 0 Å². The summed E-state index contributed by atoms with van der Waals surface area (Å²) in [5.41, 5.74) is 1.20. The fourth-order valence-electron chi connectivity index (χ4n) is 1.70. The third-order valence-corrected chi connectivity index (χ3v) is 4.73. The van der Waals surface area contributed by atoms with Crippen LogP contribution in [0.3, 0.4) is 0 Å². The maximum atomic E-state index is 11.7. The maximum Gasteiger partial charge on any atom is 0.315 e. The summed E-state index contributed by atoms with van der Waals surface area (Å²) in [4.78, 5) is 17.4. The average molecular weight is 323 g/mol. The Morgan fingerprint density at radius 2 is 2.10 bits per heavy atom. The molecule has 0 saturated carbocycles. The van der Waals surface area contributed by atoms with Crippen LogP contribution in [0, 0.1) is 0 Å². The summed E-state index contributed by atoms with van der Waals surface area (Å²) in [5.74, 6) is 0. The molecule has 0 spiro atoms. The molecule has 21 heavy (non-hydrogen) atoms. The van der Waals surface area contributed by atoms with Crippen molar-refractivity contribution in [1.29, 1.82) is 0 Å². The minimum Gasteiger partial charge on any atom is -0.338 e. The van der Waals surface area contributed by atoms with Crippen molar-refractivity contribution in [3.05, 3.63) is 38.5 Å². The van der Waals surface area contributed by atoms with Crippen molar-refractivity contribution in [2.75, 3.05) is 6.54 Å². The Labute approximate surface area is 133 Å². The van der Waals surface area contributed by atoms with Gasteiger partial charge in [-0.1, -0.05) is 26.8 Å². The van der Waals surface area contributed by atoms with Gasteiger partial charge in [0.25, 0.3) is 0 Å². The van der Waals surface area contributed by atoms with Crippen molar-refractivity contribution in [2.45, 2.75) is 39.2 Å². The first-order valence-corrected chi connectivity index (χ1v) is 8.70. The van der Waals surface area contributed by atoms with Crippen LogP contribution in [0.4, 0.5) is 4.79 Å². The Morgan fingerprint density at radius 3 is 2.71 bits per heavy atom. The molecule has 2 N–H and O–H groups in total. The zero-order valence-corrected chi connectivity index (χ0v) is 14.2. The molecule has 0 unspecified atom stereocenters. The van der Waals surface area contributed by atoms with Crippen LogP contribution < -0.4 is 10.6 Å². The van der Waals surface area contributed by atoms with Gasteiger partial charge in [0.15, 0.2) is 0 Å². The fraction of sp³-hybridized carbons (Fsp3) is 0.467. The molecule has 2 rings (SSSR count). The largest absolute Gasteiger partial charge is 0.338 e. The number of hydrogen-bond acceptors (Lipinski definition) is 4. The van der Waals surface area contributed by atoms with Gasteiger partial charge in [-0.25, -0.2) is 9.78 Å². The molecule has 0 fully saturated rings. The van der Waals surface area contributed by atoms with Crippen LogP contribution in [0.2, 0.25) is 0 Å². The van der Waals surface area contributed by atoms with Gasteiger partial charge in [0, 0.05) is 28.6 Å². The molecule has 0 aliphatic carbocycles. The molecule has 114 valence electrons. The van der Waals surface area contributed by atoms with Crippen molar-refractivity contribution < 1.29 is 4.79 Å². The average Bonchev–Trinajstić information content (AvgIpc) is 3.07. The number of amides is 2. The Kier molecular flexibility index (Phi) is 5.36. The molecule has 0 saturated heterocycles. The molecule has 2 aromatic heterocycles. The first-order valence-electron chi connectivity index (χ1n) is 6.94. The minimum absolute atomic E-state index is 0.0836. The van der Waals surface area contributed by atoms with E-state index in [1.807, 2.05) is 17.5 Å². The van der Waals surface area contributed by atoms with Crippen LogP contribution in [-0.2, 0) is 18.4 Å². The first-order chi connectivity index (χ1) is 9.95. The summed E-state index contributed by atoms with van der Waals surface area (Å²) in [5, 5.41) is 10.9. The Bertz CT molecular complexity index is 570. The van der Waals surface area contributed by atoms with E-state index in [0.29, 0.717) is 13.1 Å². The van der Waals surface area contributed by atoms with Crippen molar-refractivity contribution >= 4 is 28.7 Å². The number of carbonyl (C=O) groups excluding carboxylic acids is 1. The lowest BCUT2D eigenvalue weighted by Crippen LogP contribution is -2.36. The lowest BCUT2D eigenvalue weighted by Gasteiger charge is -2.14. The second-order valence-electron chi connectivity index (χ2n) is 5.82. The molecule has 0 bridgehead atoms. The number of nitrogens with one attached hydrogen (secondary N) is 2. The molecule has 0 atom stereocenters. The molecule has 2 heterocycles. The topological polar surface area (TPSA) is 54.0 Å². The van der Waals surface area contributed by atoms with E-state index in [0.717, 1.165) is 22.0 Å². The van der Waals surface area contributed by atoms with Crippen molar-refractivity contribution in [1.82, 2.24) is 15.6 Å². The fourth-order valence-corrected chi connectivity index (χ4v) is 3.37. The van der Waals surface area contributed by atoms with Gasteiger partial charge in [-0.2, -0.15) is 0 Å². The van der Waals surface area contributed by atoms with E-state index in [2.05, 4.69) is 41.8 Å². The molecule has 2 amide bonds. The van der Waals surface area contributed by atoms with E-state index in [9.17, 15) is 4.79 Å². The standard InChI is InChI=1S/C15H21N3OS2/c1-15(2,3)12-10-21-13(18-12)6-7-16-14(19)17-9-11-5-4-8-20-11/h4-5,8,10H,6-7,9H2,1-3H3,(H2,16,17,19). The molecular weight excluding hydrogens is 302 g/mol. The highest BCUT2D eigenvalue weighted by Gasteiger charge is 2.17. The third-order valence-electron chi connectivity index (χ3n) is 2.95. The Balaban J connectivity index is 1.69. The molecule has 0 radical (unpaired) electrons. The van der Waals surface area contributed by atoms with Gasteiger partial charge in [-0.05, 0) is 11.4 Å². The number of thiazole rings is 1. The van der Waals surface area contributed by atoms with Crippen LogP contribution in [0.1, 0.15) is 36.3 Å². The van der Waals surface area contributed by atoms with Crippen molar-refractivity contribution in [2.24, 2.45) is 0 Å². The van der Waals surface area contributed by atoms with E-state index in [1.54, 1.807) is 22.7 Å². The van der Waals surface area contributed by atoms with Crippen LogP contribution >= 0.6 is 22.7 Å². The van der Waals surface area contributed by atoms with Gasteiger partial charge >= 0.3 is 6.03 Å². The molecule has 6 heteroatoms. The zero-order chi connectivity index (χ0) is 15.3. The quantitative estimate of drug-likeness (QED) is 0.884. The zero-order valence-electron chi connectivity index (χ0n) is 12.6. The monoisotopic (exact) mass is 323 g/mol. The highest BCUT2D eigenvalue weighted by atomic mass is 32.1. The SMILES string of the molecule is CC(C)(C)c1csc(CCNC(=O)NCc2cccs2)n1. The number of hydrogen-bond donors (Lipinski definition) is 2. The normalized spacial score (nSPS) is 11.4. The smallest absolute Gasteiger partial charge is 0.315 e. The Hall–Kier alpha value is -1.40. The number of carbonyl (C=O) groups is 1. The predicted octanol–water partition coefficient (Wildman–Crippen LogP) is 3.54. The Morgan fingerprint density at radius 1 is 1.29 bits per heavy atom. The second kappa shape index (κ2) is 7.04. The molecule has 2 aromatic rings. The predicted molar refractivity (Wildman–Crippen MR) is 89.1 cm³/mol. The summed E-state index contributed by atoms with van der Waals surface area (Å²) >= 11 is 3.30. The van der Waals surface area contributed by atoms with Crippen LogP contribution in [0.25, 0.3) is 0 Å². The lowest BCUT2D eigenvalue weighted by atomic mass is 9.93. The summed E-state index contributed by atoms with van der Waals surface area (Å²) in [6.07, 6.45) is 0.771. The minimum atomic E-state index is -0.129. The summed E-state index contributed by atoms with van der Waals surface area (Å²) < 4.78 is 0. The number of urea groups is 1. The van der Waals surface area contributed by atoms with E-state index in [4.69, 9.17) is 0 Å². The van der Waals surface area contributed by atoms with Gasteiger partial charge in [-0.3, -0.25) is 0 Å². The van der Waals surface area contributed by atoms with E-state index in [-0.39, 0.29) is 11.4 Å². The van der Waals surface area contributed by atoms with E-state index < -0.39 is 0 Å². The molecular formula is C15H21N3OS2. The molecule has 4 nitrogen and oxygen atoms in total. The third kappa shape index (κ3) is 5.13. The molecule has 0 aromatic carbocycles. The van der Waals surface area contributed by atoms with Gasteiger partial charge in [-0.15, -0.1) is 22.7 Å². The summed E-state index contributed by atoms with van der Waals surface area (Å²) in [7, 11) is 0. The van der Waals surface area contributed by atoms with Gasteiger partial charge in [0.05, 0.1) is 17.2 Å². The van der Waals surface area contributed by atoms with Crippen LogP contribution in [0.5, 0.6) is 0 Å². The number of aromatic nitrogens is 1. The van der Waals surface area contributed by atoms with E-state index >= 15 is 0 Å². The first kappa shape index (κ1) is 16.0. The highest BCUT2D eigenvalue weighted by molar-refractivity contribution is 7.10.